The number of halogens is 1. The summed E-state index contributed by atoms with van der Waals surface area (Å²) in [5.74, 6) is 1.77. The first kappa shape index (κ1) is 23.7. The summed E-state index contributed by atoms with van der Waals surface area (Å²) in [5, 5.41) is 0. The molecule has 0 bridgehead atoms. The molecule has 178 valence electrons. The number of hydrogen-bond donors (Lipinski definition) is 0. The van der Waals surface area contributed by atoms with Crippen LogP contribution < -0.4 is 9.64 Å². The zero-order valence-corrected chi connectivity index (χ0v) is 20.1. The third kappa shape index (κ3) is 5.19. The van der Waals surface area contributed by atoms with Gasteiger partial charge in [0, 0.05) is 43.9 Å². The monoisotopic (exact) mass is 462 g/mol. The van der Waals surface area contributed by atoms with E-state index in [4.69, 9.17) is 14.7 Å². The SMILES string of the molecule is CCc1nc(C)nc(N2CCCN(C(=O)c3ccccc3F)CC2)c1Cc1ccc(OC)cc1. The van der Waals surface area contributed by atoms with Crippen LogP contribution in [0.25, 0.3) is 0 Å². The summed E-state index contributed by atoms with van der Waals surface area (Å²) in [7, 11) is 1.66. The minimum atomic E-state index is -0.477. The average Bonchev–Trinajstić information content (AvgIpc) is 3.11. The normalized spacial score (nSPS) is 14.1. The molecule has 1 aliphatic rings. The van der Waals surface area contributed by atoms with Crippen LogP contribution in [0.2, 0.25) is 0 Å². The number of amides is 1. The largest absolute Gasteiger partial charge is 0.497 e. The van der Waals surface area contributed by atoms with Gasteiger partial charge in [-0.25, -0.2) is 14.4 Å². The lowest BCUT2D eigenvalue weighted by molar-refractivity contribution is 0.0762. The third-order valence-electron chi connectivity index (χ3n) is 6.24. The minimum absolute atomic E-state index is 0.127. The predicted octanol–water partition coefficient (Wildman–Crippen LogP) is 4.44. The molecular weight excluding hydrogens is 431 g/mol. The van der Waals surface area contributed by atoms with Gasteiger partial charge in [0.25, 0.3) is 5.91 Å². The van der Waals surface area contributed by atoms with Crippen LogP contribution in [0.5, 0.6) is 5.75 Å². The second kappa shape index (κ2) is 10.6. The number of anilines is 1. The first-order valence-electron chi connectivity index (χ1n) is 11.8. The molecule has 3 aromatic rings. The Morgan fingerprint density at radius 2 is 1.79 bits per heavy atom. The van der Waals surface area contributed by atoms with Gasteiger partial charge >= 0.3 is 0 Å². The Morgan fingerprint density at radius 1 is 1.03 bits per heavy atom. The van der Waals surface area contributed by atoms with Gasteiger partial charge in [-0.15, -0.1) is 0 Å². The van der Waals surface area contributed by atoms with Crippen LogP contribution in [0, 0.1) is 12.7 Å². The highest BCUT2D eigenvalue weighted by Crippen LogP contribution is 2.27. The average molecular weight is 463 g/mol. The lowest BCUT2D eigenvalue weighted by Gasteiger charge is -2.26. The maximum Gasteiger partial charge on any atom is 0.256 e. The lowest BCUT2D eigenvalue weighted by Crippen LogP contribution is -2.36. The highest BCUT2D eigenvalue weighted by atomic mass is 19.1. The molecule has 1 amide bonds. The molecule has 0 radical (unpaired) electrons. The topological polar surface area (TPSA) is 58.6 Å². The molecule has 34 heavy (non-hydrogen) atoms. The van der Waals surface area contributed by atoms with E-state index in [1.54, 1.807) is 30.2 Å². The van der Waals surface area contributed by atoms with Crippen molar-refractivity contribution < 1.29 is 13.9 Å². The number of carbonyl (C=O) groups excluding carboxylic acids is 1. The molecule has 1 aromatic heterocycles. The van der Waals surface area contributed by atoms with Crippen LogP contribution in [0.3, 0.4) is 0 Å². The Bertz CT molecular complexity index is 1150. The van der Waals surface area contributed by atoms with E-state index in [-0.39, 0.29) is 11.5 Å². The molecule has 0 unspecified atom stereocenters. The van der Waals surface area contributed by atoms with Gasteiger partial charge in [0.1, 0.15) is 23.2 Å². The van der Waals surface area contributed by atoms with E-state index >= 15 is 0 Å². The van der Waals surface area contributed by atoms with Gasteiger partial charge in [0.05, 0.1) is 12.7 Å². The summed E-state index contributed by atoms with van der Waals surface area (Å²) in [5.41, 5.74) is 3.45. The lowest BCUT2D eigenvalue weighted by atomic mass is 10.0. The van der Waals surface area contributed by atoms with E-state index in [0.717, 1.165) is 60.0 Å². The van der Waals surface area contributed by atoms with Crippen molar-refractivity contribution in [3.8, 4) is 5.75 Å². The van der Waals surface area contributed by atoms with Gasteiger partial charge in [0.2, 0.25) is 0 Å². The standard InChI is InChI=1S/C27H31FN4O2/c1-4-25-23(18-20-10-12-21(34-3)13-11-20)26(30-19(2)29-25)31-14-7-15-32(17-16-31)27(33)22-8-5-6-9-24(22)28/h5-6,8-13H,4,7,14-18H2,1-3H3. The van der Waals surface area contributed by atoms with Gasteiger partial charge in [-0.3, -0.25) is 4.79 Å². The van der Waals surface area contributed by atoms with Crippen molar-refractivity contribution in [2.45, 2.75) is 33.1 Å². The van der Waals surface area contributed by atoms with E-state index in [9.17, 15) is 9.18 Å². The zero-order chi connectivity index (χ0) is 24.1. The van der Waals surface area contributed by atoms with Crippen LogP contribution >= 0.6 is 0 Å². The molecule has 0 spiro atoms. The van der Waals surface area contributed by atoms with Crippen molar-refractivity contribution >= 4 is 11.7 Å². The molecule has 0 N–H and O–H groups in total. The van der Waals surface area contributed by atoms with Crippen molar-refractivity contribution in [3.05, 3.63) is 82.6 Å². The van der Waals surface area contributed by atoms with Gasteiger partial charge in [-0.05, 0) is 49.6 Å². The Kier molecular flexibility index (Phi) is 7.40. The number of carbonyl (C=O) groups is 1. The summed E-state index contributed by atoms with van der Waals surface area (Å²) >= 11 is 0. The fraction of sp³-hybridized carbons (Fsp3) is 0.370. The van der Waals surface area contributed by atoms with Gasteiger partial charge in [-0.1, -0.05) is 31.2 Å². The van der Waals surface area contributed by atoms with Crippen molar-refractivity contribution in [3.63, 3.8) is 0 Å². The summed E-state index contributed by atoms with van der Waals surface area (Å²) in [6.07, 6.45) is 2.32. The Labute approximate surface area is 200 Å². The highest BCUT2D eigenvalue weighted by molar-refractivity contribution is 5.94. The molecule has 2 heterocycles. The maximum atomic E-state index is 14.2. The van der Waals surface area contributed by atoms with Crippen molar-refractivity contribution in [2.75, 3.05) is 38.2 Å². The first-order chi connectivity index (χ1) is 16.5. The van der Waals surface area contributed by atoms with Crippen molar-refractivity contribution in [2.24, 2.45) is 0 Å². The van der Waals surface area contributed by atoms with Crippen LogP contribution in [0.1, 0.15) is 46.3 Å². The molecule has 0 saturated carbocycles. The van der Waals surface area contributed by atoms with E-state index in [1.165, 1.54) is 6.07 Å². The Hall–Kier alpha value is -3.48. The van der Waals surface area contributed by atoms with Crippen molar-refractivity contribution in [1.29, 1.82) is 0 Å². The molecule has 6 nitrogen and oxygen atoms in total. The second-order valence-corrected chi connectivity index (χ2v) is 8.51. The first-order valence-corrected chi connectivity index (χ1v) is 11.8. The number of hydrogen-bond acceptors (Lipinski definition) is 5. The number of aryl methyl sites for hydroxylation is 2. The third-order valence-corrected chi connectivity index (χ3v) is 6.24. The molecule has 1 fully saturated rings. The number of ether oxygens (including phenoxy) is 1. The number of nitrogens with zero attached hydrogens (tertiary/aromatic N) is 4. The minimum Gasteiger partial charge on any atom is -0.497 e. The summed E-state index contributed by atoms with van der Waals surface area (Å²) < 4.78 is 19.5. The Morgan fingerprint density at radius 3 is 2.50 bits per heavy atom. The number of methoxy groups -OCH3 is 1. The van der Waals surface area contributed by atoms with Gasteiger partial charge in [-0.2, -0.15) is 0 Å². The second-order valence-electron chi connectivity index (χ2n) is 8.51. The predicted molar refractivity (Wildman–Crippen MR) is 131 cm³/mol. The van der Waals surface area contributed by atoms with E-state index in [1.807, 2.05) is 19.1 Å². The van der Waals surface area contributed by atoms with Gasteiger partial charge < -0.3 is 14.5 Å². The zero-order valence-electron chi connectivity index (χ0n) is 20.1. The molecule has 7 heteroatoms. The fourth-order valence-electron chi connectivity index (χ4n) is 4.46. The molecule has 4 rings (SSSR count). The van der Waals surface area contributed by atoms with E-state index in [0.29, 0.717) is 19.6 Å². The Balaban J connectivity index is 1.59. The van der Waals surface area contributed by atoms with Crippen LogP contribution in [-0.4, -0.2) is 54.1 Å². The fourth-order valence-corrected chi connectivity index (χ4v) is 4.46. The quantitative estimate of drug-likeness (QED) is 0.542. The van der Waals surface area contributed by atoms with Crippen LogP contribution in [0.15, 0.2) is 48.5 Å². The smallest absolute Gasteiger partial charge is 0.256 e. The molecule has 1 saturated heterocycles. The van der Waals surface area contributed by atoms with Crippen LogP contribution in [0.4, 0.5) is 10.2 Å². The molecule has 1 aliphatic heterocycles. The summed E-state index contributed by atoms with van der Waals surface area (Å²) in [6, 6.07) is 14.2. The number of aromatic nitrogens is 2. The highest BCUT2D eigenvalue weighted by Gasteiger charge is 2.25. The molecule has 0 atom stereocenters. The van der Waals surface area contributed by atoms with E-state index < -0.39 is 5.82 Å². The molecular formula is C27H31FN4O2. The summed E-state index contributed by atoms with van der Waals surface area (Å²) in [6.45, 7) is 6.54. The maximum absolute atomic E-state index is 14.2. The van der Waals surface area contributed by atoms with Crippen LogP contribution in [-0.2, 0) is 12.8 Å². The van der Waals surface area contributed by atoms with Gasteiger partial charge in [0.15, 0.2) is 0 Å². The number of rotatable bonds is 6. The number of benzene rings is 2. The van der Waals surface area contributed by atoms with E-state index in [2.05, 4.69) is 24.0 Å². The molecule has 0 aliphatic carbocycles. The van der Waals surface area contributed by atoms with Crippen molar-refractivity contribution in [1.82, 2.24) is 14.9 Å². The summed E-state index contributed by atoms with van der Waals surface area (Å²) in [4.78, 5) is 26.5. The molecule has 2 aromatic carbocycles.